The van der Waals surface area contributed by atoms with Crippen molar-refractivity contribution in [2.45, 2.75) is 25.5 Å². The van der Waals surface area contributed by atoms with Crippen LogP contribution in [0.5, 0.6) is 11.5 Å². The van der Waals surface area contributed by atoms with Gasteiger partial charge in [-0.2, -0.15) is 0 Å². The Morgan fingerprint density at radius 3 is 2.16 bits per heavy atom. The lowest BCUT2D eigenvalue weighted by molar-refractivity contribution is -0.314. The topological polar surface area (TPSA) is 107 Å². The van der Waals surface area contributed by atoms with E-state index in [9.17, 15) is 0 Å². The van der Waals surface area contributed by atoms with Crippen LogP contribution in [0.15, 0.2) is 73.3 Å². The molecule has 166 valence electrons. The molecule has 0 saturated carbocycles. The van der Waals surface area contributed by atoms with Crippen molar-refractivity contribution in [2.75, 3.05) is 19.5 Å². The molecule has 0 fully saturated rings. The van der Waals surface area contributed by atoms with Gasteiger partial charge >= 0.3 is 5.97 Å². The van der Waals surface area contributed by atoms with Crippen molar-refractivity contribution in [1.29, 1.82) is 0 Å². The Bertz CT molecular complexity index is 1100. The first kappa shape index (κ1) is 21.5. The number of methoxy groups -OCH3 is 1. The first-order chi connectivity index (χ1) is 15.6. The molecule has 2 aromatic heterocycles. The fourth-order valence-electron chi connectivity index (χ4n) is 3.16. The first-order valence-corrected chi connectivity index (χ1v) is 10.1. The molecule has 0 bridgehead atoms. The molecule has 1 atom stereocenters. The lowest BCUT2D eigenvalue weighted by atomic mass is 10.3. The molecule has 2 heterocycles. The SMILES string of the molecule is COC(CO[C@H](C)Cn1cnc2c(N)ncnc21)(Oc1ccccc1)Oc1ccccc1. The molecule has 0 saturated heterocycles. The number of anilines is 1. The average molecular weight is 435 g/mol. The summed E-state index contributed by atoms with van der Waals surface area (Å²) in [6.07, 6.45) is 2.84. The summed E-state index contributed by atoms with van der Waals surface area (Å²) in [6.45, 7) is 2.43. The van der Waals surface area contributed by atoms with Gasteiger partial charge in [0.05, 0.1) is 19.0 Å². The summed E-state index contributed by atoms with van der Waals surface area (Å²) in [5, 5.41) is 0. The molecule has 32 heavy (non-hydrogen) atoms. The molecule has 4 aromatic rings. The lowest BCUT2D eigenvalue weighted by Crippen LogP contribution is -2.49. The quantitative estimate of drug-likeness (QED) is 0.378. The normalized spacial score (nSPS) is 12.6. The molecule has 0 aliphatic carbocycles. The molecule has 0 aliphatic heterocycles. The van der Waals surface area contributed by atoms with Gasteiger partial charge in [-0.3, -0.25) is 0 Å². The van der Waals surface area contributed by atoms with Crippen LogP contribution in [-0.2, 0) is 16.0 Å². The third-order valence-corrected chi connectivity index (χ3v) is 4.77. The molecule has 0 unspecified atom stereocenters. The van der Waals surface area contributed by atoms with Crippen molar-refractivity contribution < 1.29 is 18.9 Å². The second-order valence-corrected chi connectivity index (χ2v) is 7.17. The molecule has 4 rings (SSSR count). The average Bonchev–Trinajstić information content (AvgIpc) is 3.23. The predicted octanol–water partition coefficient (Wildman–Crippen LogP) is 3.27. The Morgan fingerprint density at radius 2 is 1.56 bits per heavy atom. The van der Waals surface area contributed by atoms with Crippen LogP contribution in [-0.4, -0.2) is 45.3 Å². The summed E-state index contributed by atoms with van der Waals surface area (Å²) < 4.78 is 25.9. The highest BCUT2D eigenvalue weighted by atomic mass is 16.9. The minimum Gasteiger partial charge on any atom is -0.428 e. The van der Waals surface area contributed by atoms with Crippen LogP contribution in [0.4, 0.5) is 5.82 Å². The number of ether oxygens (including phenoxy) is 4. The second kappa shape index (κ2) is 9.63. The second-order valence-electron chi connectivity index (χ2n) is 7.17. The summed E-state index contributed by atoms with van der Waals surface area (Å²) in [5.41, 5.74) is 7.08. The molecule has 2 N–H and O–H groups in total. The maximum Gasteiger partial charge on any atom is 0.396 e. The number of aromatic nitrogens is 4. The standard InChI is InChI=1S/C23H25N5O4/c1-17(13-28-16-27-20-21(24)25-15-26-22(20)28)30-14-23(29-2,31-18-9-5-3-6-10-18)32-19-11-7-4-8-12-19/h3-12,15-17H,13-14H2,1-2H3,(H2,24,25,26)/t17-/m1/s1. The van der Waals surface area contributed by atoms with Crippen molar-refractivity contribution in [2.24, 2.45) is 0 Å². The van der Waals surface area contributed by atoms with Gasteiger partial charge in [-0.25, -0.2) is 15.0 Å². The Balaban J connectivity index is 1.50. The summed E-state index contributed by atoms with van der Waals surface area (Å²) >= 11 is 0. The molecule has 2 aromatic carbocycles. The van der Waals surface area contributed by atoms with E-state index >= 15 is 0 Å². The van der Waals surface area contributed by atoms with E-state index in [1.165, 1.54) is 13.4 Å². The van der Waals surface area contributed by atoms with Gasteiger partial charge in [0.25, 0.3) is 0 Å². The number of hydrogen-bond acceptors (Lipinski definition) is 8. The summed E-state index contributed by atoms with van der Waals surface area (Å²) in [4.78, 5) is 12.5. The molecule has 0 radical (unpaired) electrons. The number of fused-ring (bicyclic) bond motifs is 1. The van der Waals surface area contributed by atoms with Crippen molar-refractivity contribution in [1.82, 2.24) is 19.5 Å². The molecule has 9 nitrogen and oxygen atoms in total. The van der Waals surface area contributed by atoms with Crippen LogP contribution in [0.2, 0.25) is 0 Å². The number of para-hydroxylation sites is 2. The Labute approximate surface area is 185 Å². The number of hydrogen-bond donors (Lipinski definition) is 1. The Kier molecular flexibility index (Phi) is 6.48. The summed E-state index contributed by atoms with van der Waals surface area (Å²) in [5.74, 6) is 0.0393. The van der Waals surface area contributed by atoms with Crippen molar-refractivity contribution >= 4 is 17.0 Å². The van der Waals surface area contributed by atoms with Crippen molar-refractivity contribution in [3.63, 3.8) is 0 Å². The Morgan fingerprint density at radius 1 is 0.938 bits per heavy atom. The Hall–Kier alpha value is -3.69. The van der Waals surface area contributed by atoms with Gasteiger partial charge in [-0.05, 0) is 31.2 Å². The highest BCUT2D eigenvalue weighted by molar-refractivity contribution is 5.81. The third kappa shape index (κ3) is 4.96. The number of rotatable bonds is 10. The predicted molar refractivity (Wildman–Crippen MR) is 119 cm³/mol. The van der Waals surface area contributed by atoms with Crippen molar-refractivity contribution in [3.8, 4) is 11.5 Å². The maximum absolute atomic E-state index is 6.10. The summed E-state index contributed by atoms with van der Waals surface area (Å²) in [7, 11) is 1.52. The molecule has 9 heteroatoms. The van der Waals surface area contributed by atoms with Crippen LogP contribution in [0, 0.1) is 0 Å². The van der Waals surface area contributed by atoms with E-state index in [2.05, 4.69) is 15.0 Å². The lowest BCUT2D eigenvalue weighted by Gasteiger charge is -2.33. The summed E-state index contributed by atoms with van der Waals surface area (Å²) in [6, 6.07) is 18.6. The number of benzene rings is 2. The fraction of sp³-hybridized carbons (Fsp3) is 0.261. The number of nitrogens with two attached hydrogens (primary N) is 1. The highest BCUT2D eigenvalue weighted by Gasteiger charge is 2.37. The van der Waals surface area contributed by atoms with E-state index in [4.69, 9.17) is 24.7 Å². The largest absolute Gasteiger partial charge is 0.428 e. The zero-order chi connectivity index (χ0) is 22.4. The van der Waals surface area contributed by atoms with Crippen LogP contribution < -0.4 is 15.2 Å². The van der Waals surface area contributed by atoms with Crippen LogP contribution >= 0.6 is 0 Å². The van der Waals surface area contributed by atoms with Gasteiger partial charge in [-0.1, -0.05) is 36.4 Å². The minimum absolute atomic E-state index is 0.0121. The number of nitrogens with zero attached hydrogens (tertiary/aromatic N) is 4. The number of nitrogen functional groups attached to an aromatic ring is 1. The zero-order valence-electron chi connectivity index (χ0n) is 17.9. The van der Waals surface area contributed by atoms with E-state index in [-0.39, 0.29) is 12.7 Å². The van der Waals surface area contributed by atoms with Crippen LogP contribution in [0.3, 0.4) is 0 Å². The van der Waals surface area contributed by atoms with Gasteiger partial charge in [0.1, 0.15) is 23.3 Å². The van der Waals surface area contributed by atoms with Gasteiger partial charge in [-0.15, -0.1) is 0 Å². The van der Waals surface area contributed by atoms with E-state index in [0.29, 0.717) is 35.0 Å². The van der Waals surface area contributed by atoms with Gasteiger partial charge in [0.15, 0.2) is 18.1 Å². The monoisotopic (exact) mass is 435 g/mol. The smallest absolute Gasteiger partial charge is 0.396 e. The van der Waals surface area contributed by atoms with Gasteiger partial charge < -0.3 is 29.2 Å². The maximum atomic E-state index is 6.10. The van der Waals surface area contributed by atoms with Gasteiger partial charge in [0.2, 0.25) is 0 Å². The molecular weight excluding hydrogens is 410 g/mol. The zero-order valence-corrected chi connectivity index (χ0v) is 17.9. The highest BCUT2D eigenvalue weighted by Crippen LogP contribution is 2.25. The molecule has 0 amide bonds. The minimum atomic E-state index is -1.49. The van der Waals surface area contributed by atoms with E-state index in [1.54, 1.807) is 6.33 Å². The van der Waals surface area contributed by atoms with E-state index in [1.807, 2.05) is 72.2 Å². The number of imidazole rings is 1. The molecular formula is C23H25N5O4. The third-order valence-electron chi connectivity index (χ3n) is 4.77. The van der Waals surface area contributed by atoms with E-state index in [0.717, 1.165) is 0 Å². The molecule has 0 spiro atoms. The van der Waals surface area contributed by atoms with Crippen molar-refractivity contribution in [3.05, 3.63) is 73.3 Å². The molecule has 0 aliphatic rings. The van der Waals surface area contributed by atoms with Crippen LogP contribution in [0.25, 0.3) is 11.2 Å². The fourth-order valence-corrected chi connectivity index (χ4v) is 3.16. The van der Waals surface area contributed by atoms with Gasteiger partial charge in [0, 0.05) is 7.11 Å². The first-order valence-electron chi connectivity index (χ1n) is 10.1. The van der Waals surface area contributed by atoms with Crippen LogP contribution in [0.1, 0.15) is 6.92 Å². The van der Waals surface area contributed by atoms with E-state index < -0.39 is 5.97 Å².